The molecule has 0 aromatic carbocycles. The first kappa shape index (κ1) is 21.8. The van der Waals surface area contributed by atoms with Crippen LogP contribution in [0.25, 0.3) is 0 Å². The second kappa shape index (κ2) is 7.63. The maximum atomic E-state index is 12.5. The first-order valence-corrected chi connectivity index (χ1v) is 11.9. The minimum Gasteiger partial charge on any atom is -0.463 e. The molecule has 5 heteroatoms. The van der Waals surface area contributed by atoms with Crippen molar-refractivity contribution in [2.24, 2.45) is 40.4 Å². The highest BCUT2D eigenvalue weighted by molar-refractivity contribution is 5.80. The van der Waals surface area contributed by atoms with Gasteiger partial charge in [0.25, 0.3) is 0 Å². The van der Waals surface area contributed by atoms with Gasteiger partial charge in [0, 0.05) is 25.2 Å². The van der Waals surface area contributed by atoms with Gasteiger partial charge in [-0.1, -0.05) is 13.8 Å². The first-order valence-electron chi connectivity index (χ1n) is 11.9. The van der Waals surface area contributed by atoms with E-state index in [4.69, 9.17) is 9.47 Å². The smallest absolute Gasteiger partial charge is 0.302 e. The summed E-state index contributed by atoms with van der Waals surface area (Å²) in [5.74, 6) is 1.92. The number of hydrogen-bond donors (Lipinski definition) is 0. The summed E-state index contributed by atoms with van der Waals surface area (Å²) in [6, 6.07) is 0. The fourth-order valence-corrected chi connectivity index (χ4v) is 8.53. The molecule has 0 spiro atoms. The molecular formula is C25H38O5. The predicted octanol–water partition coefficient (Wildman–Crippen LogP) is 4.71. The Morgan fingerprint density at radius 1 is 0.800 bits per heavy atom. The number of rotatable bonds is 3. The highest BCUT2D eigenvalue weighted by Crippen LogP contribution is 2.68. The number of esters is 2. The van der Waals surface area contributed by atoms with Crippen molar-refractivity contribution in [1.82, 2.24) is 0 Å². The van der Waals surface area contributed by atoms with Crippen LogP contribution in [0.15, 0.2) is 0 Å². The number of ether oxygens (including phenoxy) is 2. The fraction of sp³-hybridized carbons (Fsp3) is 0.880. The van der Waals surface area contributed by atoms with Crippen LogP contribution in [0.3, 0.4) is 0 Å². The van der Waals surface area contributed by atoms with Gasteiger partial charge in [-0.2, -0.15) is 0 Å². The molecule has 4 fully saturated rings. The van der Waals surface area contributed by atoms with E-state index in [-0.39, 0.29) is 46.7 Å². The maximum absolute atomic E-state index is 12.5. The Labute approximate surface area is 180 Å². The molecule has 5 nitrogen and oxygen atoms in total. The Morgan fingerprint density at radius 3 is 2.13 bits per heavy atom. The molecule has 9 unspecified atom stereocenters. The van der Waals surface area contributed by atoms with E-state index >= 15 is 0 Å². The molecule has 168 valence electrons. The summed E-state index contributed by atoms with van der Waals surface area (Å²) in [5.41, 5.74) is -0.0512. The van der Waals surface area contributed by atoms with Crippen molar-refractivity contribution < 1.29 is 23.9 Å². The van der Waals surface area contributed by atoms with Crippen molar-refractivity contribution in [3.05, 3.63) is 0 Å². The lowest BCUT2D eigenvalue weighted by molar-refractivity contribution is -0.195. The molecule has 0 N–H and O–H groups in total. The summed E-state index contributed by atoms with van der Waals surface area (Å²) in [7, 11) is 0. The molecule has 4 aliphatic rings. The largest absolute Gasteiger partial charge is 0.463 e. The molecule has 0 radical (unpaired) electrons. The third-order valence-electron chi connectivity index (χ3n) is 9.82. The summed E-state index contributed by atoms with van der Waals surface area (Å²) in [4.78, 5) is 36.0. The van der Waals surface area contributed by atoms with Crippen molar-refractivity contribution in [3.8, 4) is 0 Å². The molecular weight excluding hydrogens is 380 g/mol. The first-order chi connectivity index (χ1) is 14.1. The zero-order valence-corrected chi connectivity index (χ0v) is 19.2. The van der Waals surface area contributed by atoms with Crippen LogP contribution in [0.2, 0.25) is 0 Å². The molecule has 0 aromatic heterocycles. The van der Waals surface area contributed by atoms with Crippen molar-refractivity contribution in [2.45, 2.75) is 98.2 Å². The van der Waals surface area contributed by atoms with Crippen LogP contribution in [0.5, 0.6) is 0 Å². The van der Waals surface area contributed by atoms with E-state index in [1.54, 1.807) is 6.92 Å². The average molecular weight is 419 g/mol. The Bertz CT molecular complexity index is 731. The minimum atomic E-state index is -0.239. The molecule has 4 aliphatic carbocycles. The van der Waals surface area contributed by atoms with E-state index in [1.165, 1.54) is 26.7 Å². The average Bonchev–Trinajstić information content (AvgIpc) is 3.01. The van der Waals surface area contributed by atoms with E-state index in [2.05, 4.69) is 13.8 Å². The molecule has 0 heterocycles. The second-order valence-corrected chi connectivity index (χ2v) is 11.1. The van der Waals surface area contributed by atoms with E-state index in [9.17, 15) is 14.4 Å². The van der Waals surface area contributed by atoms with Crippen LogP contribution >= 0.6 is 0 Å². The standard InChI is InChI=1S/C25H38O5/c1-14(26)20-8-9-21-19-7-6-17-12-18(29-15(2)27)10-11-24(17,4)22(19)13-23(25(20,21)5)30-16(3)28/h17-23H,6-13H2,1-5H3. The lowest BCUT2D eigenvalue weighted by atomic mass is 9.44. The highest BCUT2D eigenvalue weighted by Gasteiger charge is 2.65. The second-order valence-electron chi connectivity index (χ2n) is 11.1. The normalized spacial score (nSPS) is 47.4. The zero-order chi connectivity index (χ0) is 21.8. The Kier molecular flexibility index (Phi) is 5.55. The topological polar surface area (TPSA) is 69.7 Å². The molecule has 4 rings (SSSR count). The van der Waals surface area contributed by atoms with Gasteiger partial charge in [-0.25, -0.2) is 0 Å². The Hall–Kier alpha value is -1.39. The number of carbonyl (C=O) groups excluding carboxylic acids is 3. The monoisotopic (exact) mass is 418 g/mol. The van der Waals surface area contributed by atoms with Gasteiger partial charge in [-0.15, -0.1) is 0 Å². The van der Waals surface area contributed by atoms with Gasteiger partial charge < -0.3 is 9.47 Å². The fourth-order valence-electron chi connectivity index (χ4n) is 8.53. The van der Waals surface area contributed by atoms with Crippen LogP contribution in [0.1, 0.15) is 86.0 Å². The zero-order valence-electron chi connectivity index (χ0n) is 19.2. The number of hydrogen-bond acceptors (Lipinski definition) is 5. The molecule has 0 aromatic rings. The number of fused-ring (bicyclic) bond motifs is 5. The van der Waals surface area contributed by atoms with E-state index in [1.807, 2.05) is 0 Å². The van der Waals surface area contributed by atoms with Gasteiger partial charge in [0.1, 0.15) is 18.0 Å². The van der Waals surface area contributed by atoms with Crippen LogP contribution in [0.4, 0.5) is 0 Å². The van der Waals surface area contributed by atoms with Crippen molar-refractivity contribution in [3.63, 3.8) is 0 Å². The van der Waals surface area contributed by atoms with Crippen LogP contribution in [0, 0.1) is 40.4 Å². The van der Waals surface area contributed by atoms with E-state index in [0.29, 0.717) is 23.7 Å². The quantitative estimate of drug-likeness (QED) is 0.621. The Balaban J connectivity index is 1.64. The number of carbonyl (C=O) groups is 3. The van der Waals surface area contributed by atoms with E-state index in [0.717, 1.165) is 38.5 Å². The third kappa shape index (κ3) is 3.31. The summed E-state index contributed by atoms with van der Waals surface area (Å²) >= 11 is 0. The number of ketones is 1. The van der Waals surface area contributed by atoms with Gasteiger partial charge >= 0.3 is 11.9 Å². The predicted molar refractivity (Wildman–Crippen MR) is 112 cm³/mol. The molecule has 0 amide bonds. The third-order valence-corrected chi connectivity index (χ3v) is 9.82. The molecule has 0 aliphatic heterocycles. The highest BCUT2D eigenvalue weighted by atomic mass is 16.5. The maximum Gasteiger partial charge on any atom is 0.302 e. The lowest BCUT2D eigenvalue weighted by Crippen LogP contribution is -2.59. The van der Waals surface area contributed by atoms with Crippen molar-refractivity contribution in [2.75, 3.05) is 0 Å². The Morgan fingerprint density at radius 2 is 1.50 bits per heavy atom. The van der Waals surface area contributed by atoms with Gasteiger partial charge in [0.05, 0.1) is 0 Å². The molecule has 9 atom stereocenters. The van der Waals surface area contributed by atoms with Gasteiger partial charge in [-0.3, -0.25) is 14.4 Å². The van der Waals surface area contributed by atoms with Crippen molar-refractivity contribution >= 4 is 17.7 Å². The summed E-state index contributed by atoms with van der Waals surface area (Å²) in [6.07, 6.45) is 8.00. The molecule has 4 saturated carbocycles. The summed E-state index contributed by atoms with van der Waals surface area (Å²) in [6.45, 7) is 9.37. The number of Topliss-reactive ketones (excluding diaryl/α,β-unsaturated/α-hetero) is 1. The molecule has 0 bridgehead atoms. The lowest BCUT2D eigenvalue weighted by Gasteiger charge is -2.62. The van der Waals surface area contributed by atoms with Crippen molar-refractivity contribution in [1.29, 1.82) is 0 Å². The van der Waals surface area contributed by atoms with Gasteiger partial charge in [0.2, 0.25) is 0 Å². The molecule has 0 saturated heterocycles. The SMILES string of the molecule is CC(=O)OC1CCC2(C)C(CCC3C2CC(OC(C)=O)C2(C)C(C(C)=O)CCC32)C1. The van der Waals surface area contributed by atoms with Crippen LogP contribution < -0.4 is 0 Å². The summed E-state index contributed by atoms with van der Waals surface area (Å²) < 4.78 is 11.6. The van der Waals surface area contributed by atoms with Crippen LogP contribution in [-0.2, 0) is 23.9 Å². The van der Waals surface area contributed by atoms with Gasteiger partial charge in [-0.05, 0) is 87.4 Å². The summed E-state index contributed by atoms with van der Waals surface area (Å²) in [5, 5.41) is 0. The minimum absolute atomic E-state index is 0.00182. The van der Waals surface area contributed by atoms with Gasteiger partial charge in [0.15, 0.2) is 0 Å². The molecule has 30 heavy (non-hydrogen) atoms. The van der Waals surface area contributed by atoms with Crippen LogP contribution in [-0.4, -0.2) is 29.9 Å². The van der Waals surface area contributed by atoms with E-state index < -0.39 is 0 Å².